The number of hydrogen-bond donors (Lipinski definition) is 0. The Morgan fingerprint density at radius 2 is 1.90 bits per heavy atom. The first-order valence-corrected chi connectivity index (χ1v) is 12.1. The molecule has 1 fully saturated rings. The highest BCUT2D eigenvalue weighted by Gasteiger charge is 2.26. The molecule has 5 rings (SSSR count). The molecule has 31 heavy (non-hydrogen) atoms. The second kappa shape index (κ2) is 8.76. The summed E-state index contributed by atoms with van der Waals surface area (Å²) in [6, 6.07) is 16.3. The molecule has 1 aliphatic rings. The zero-order valence-corrected chi connectivity index (χ0v) is 18.8. The number of hydrogen-bond acceptors (Lipinski definition) is 7. The van der Waals surface area contributed by atoms with E-state index in [9.17, 15) is 4.79 Å². The number of thiazole rings is 1. The zero-order chi connectivity index (χ0) is 21.2. The third-order valence-electron chi connectivity index (χ3n) is 5.55. The van der Waals surface area contributed by atoms with Gasteiger partial charge in [0.1, 0.15) is 0 Å². The fourth-order valence-electron chi connectivity index (χ4n) is 3.77. The molecule has 2 aromatic carbocycles. The van der Waals surface area contributed by atoms with E-state index in [-0.39, 0.29) is 5.91 Å². The van der Waals surface area contributed by atoms with E-state index in [1.165, 1.54) is 27.0 Å². The Labute approximate surface area is 188 Å². The number of piperidine rings is 1. The molecule has 1 amide bonds. The maximum Gasteiger partial charge on any atom is 0.233 e. The Morgan fingerprint density at radius 1 is 1.13 bits per heavy atom. The van der Waals surface area contributed by atoms with Crippen molar-refractivity contribution in [2.45, 2.75) is 30.8 Å². The van der Waals surface area contributed by atoms with E-state index in [1.807, 2.05) is 42.2 Å². The monoisotopic (exact) mass is 450 g/mol. The van der Waals surface area contributed by atoms with Crippen molar-refractivity contribution in [1.29, 1.82) is 0 Å². The summed E-state index contributed by atoms with van der Waals surface area (Å²) in [6.45, 7) is 3.57. The summed E-state index contributed by atoms with van der Waals surface area (Å²) in [4.78, 5) is 19.5. The normalized spacial score (nSPS) is 14.9. The molecule has 0 atom stereocenters. The number of fused-ring (bicyclic) bond motifs is 1. The van der Waals surface area contributed by atoms with Crippen molar-refractivity contribution < 1.29 is 4.79 Å². The molecule has 0 unspecified atom stereocenters. The van der Waals surface area contributed by atoms with E-state index >= 15 is 0 Å². The summed E-state index contributed by atoms with van der Waals surface area (Å²) in [5.74, 6) is 0.895. The van der Waals surface area contributed by atoms with Crippen molar-refractivity contribution in [2.24, 2.45) is 0 Å². The molecule has 0 aliphatic carbocycles. The Bertz CT molecular complexity index is 1160. The second-order valence-corrected chi connectivity index (χ2v) is 9.68. The molecular formula is C22H22N6OS2. The lowest BCUT2D eigenvalue weighted by molar-refractivity contribution is -0.129. The van der Waals surface area contributed by atoms with Gasteiger partial charge >= 0.3 is 0 Å². The fraction of sp³-hybridized carbons (Fsp3) is 0.318. The largest absolute Gasteiger partial charge is 0.342 e. The molecule has 0 spiro atoms. The van der Waals surface area contributed by atoms with Crippen LogP contribution in [0.4, 0.5) is 0 Å². The molecule has 0 N–H and O–H groups in total. The summed E-state index contributed by atoms with van der Waals surface area (Å²) < 4.78 is 2.91. The molecular weight excluding hydrogens is 428 g/mol. The SMILES string of the molecule is Cc1ccc(-n2nnnc2SCC(=O)N2CCC(c3nc4ccccc4s3)CC2)cc1. The highest BCUT2D eigenvalue weighted by molar-refractivity contribution is 7.99. The van der Waals surface area contributed by atoms with Gasteiger partial charge in [-0.15, -0.1) is 16.4 Å². The number of para-hydroxylation sites is 1. The molecule has 0 radical (unpaired) electrons. The topological polar surface area (TPSA) is 76.8 Å². The van der Waals surface area contributed by atoms with Crippen LogP contribution in [-0.4, -0.2) is 54.8 Å². The third-order valence-corrected chi connectivity index (χ3v) is 7.65. The van der Waals surface area contributed by atoms with Crippen molar-refractivity contribution in [1.82, 2.24) is 30.1 Å². The number of thioether (sulfide) groups is 1. The van der Waals surface area contributed by atoms with E-state index in [0.717, 1.165) is 37.1 Å². The number of aromatic nitrogens is 5. The second-order valence-electron chi connectivity index (χ2n) is 7.67. The number of aryl methyl sites for hydroxylation is 1. The van der Waals surface area contributed by atoms with Crippen molar-refractivity contribution in [3.8, 4) is 5.69 Å². The lowest BCUT2D eigenvalue weighted by Gasteiger charge is -2.31. The Hall–Kier alpha value is -2.78. The van der Waals surface area contributed by atoms with Crippen molar-refractivity contribution in [3.05, 3.63) is 59.1 Å². The summed E-state index contributed by atoms with van der Waals surface area (Å²) in [5.41, 5.74) is 3.14. The van der Waals surface area contributed by atoms with Crippen LogP contribution in [0.3, 0.4) is 0 Å². The van der Waals surface area contributed by atoms with Gasteiger partial charge in [-0.1, -0.05) is 41.6 Å². The Morgan fingerprint density at radius 3 is 2.68 bits per heavy atom. The van der Waals surface area contributed by atoms with Crippen LogP contribution >= 0.6 is 23.1 Å². The predicted octanol–water partition coefficient (Wildman–Crippen LogP) is 4.08. The molecule has 0 bridgehead atoms. The first-order chi connectivity index (χ1) is 15.2. The van der Waals surface area contributed by atoms with Gasteiger partial charge in [0.25, 0.3) is 0 Å². The van der Waals surface area contributed by atoms with Crippen LogP contribution in [0.5, 0.6) is 0 Å². The Kier molecular flexibility index (Phi) is 5.69. The summed E-state index contributed by atoms with van der Waals surface area (Å²) in [5, 5.41) is 13.8. The van der Waals surface area contributed by atoms with Crippen molar-refractivity contribution in [2.75, 3.05) is 18.8 Å². The minimum absolute atomic E-state index is 0.131. The average Bonchev–Trinajstić information content (AvgIpc) is 3.45. The molecule has 4 aromatic rings. The quantitative estimate of drug-likeness (QED) is 0.427. The van der Waals surface area contributed by atoms with Gasteiger partial charge in [-0.25, -0.2) is 4.98 Å². The number of carbonyl (C=O) groups excluding carboxylic acids is 1. The fourth-order valence-corrected chi connectivity index (χ4v) is 5.71. The molecule has 2 aromatic heterocycles. The van der Waals surface area contributed by atoms with Gasteiger partial charge < -0.3 is 4.90 Å². The number of amides is 1. The van der Waals surface area contributed by atoms with Crippen LogP contribution < -0.4 is 0 Å². The minimum atomic E-state index is 0.131. The lowest BCUT2D eigenvalue weighted by atomic mass is 9.97. The standard InChI is InChI=1S/C22H22N6OS2/c1-15-6-8-17(9-7-15)28-22(24-25-26-28)30-14-20(29)27-12-10-16(11-13-27)21-23-18-4-2-3-5-19(18)31-21/h2-9,16H,10-14H2,1H3. The Balaban J connectivity index is 1.17. The predicted molar refractivity (Wildman–Crippen MR) is 123 cm³/mol. The molecule has 1 aliphatic heterocycles. The number of benzene rings is 2. The van der Waals surface area contributed by atoms with Gasteiger partial charge in [0.05, 0.1) is 26.7 Å². The molecule has 9 heteroatoms. The van der Waals surface area contributed by atoms with Gasteiger partial charge in [0.15, 0.2) is 0 Å². The highest BCUT2D eigenvalue weighted by Crippen LogP contribution is 2.34. The van der Waals surface area contributed by atoms with E-state index < -0.39 is 0 Å². The summed E-state index contributed by atoms with van der Waals surface area (Å²) in [6.07, 6.45) is 1.91. The van der Waals surface area contributed by atoms with Crippen LogP contribution in [0.2, 0.25) is 0 Å². The van der Waals surface area contributed by atoms with Crippen LogP contribution in [0, 0.1) is 6.92 Å². The summed E-state index contributed by atoms with van der Waals surface area (Å²) in [7, 11) is 0. The van der Waals surface area contributed by atoms with Crippen molar-refractivity contribution >= 4 is 39.2 Å². The number of likely N-dealkylation sites (tertiary alicyclic amines) is 1. The maximum atomic E-state index is 12.8. The minimum Gasteiger partial charge on any atom is -0.342 e. The first kappa shape index (κ1) is 20.1. The molecule has 7 nitrogen and oxygen atoms in total. The van der Waals surface area contributed by atoms with Gasteiger partial charge in [0.2, 0.25) is 11.1 Å². The van der Waals surface area contributed by atoms with Crippen LogP contribution in [0.1, 0.15) is 29.3 Å². The number of carbonyl (C=O) groups is 1. The number of tetrazole rings is 1. The van der Waals surface area contributed by atoms with Crippen LogP contribution in [0.15, 0.2) is 53.7 Å². The van der Waals surface area contributed by atoms with Crippen LogP contribution in [-0.2, 0) is 4.79 Å². The number of nitrogens with zero attached hydrogens (tertiary/aromatic N) is 6. The van der Waals surface area contributed by atoms with Gasteiger partial charge in [-0.3, -0.25) is 4.79 Å². The zero-order valence-electron chi connectivity index (χ0n) is 17.1. The molecule has 3 heterocycles. The smallest absolute Gasteiger partial charge is 0.233 e. The van der Waals surface area contributed by atoms with Gasteiger partial charge in [0, 0.05) is 19.0 Å². The van der Waals surface area contributed by atoms with Crippen LogP contribution in [0.25, 0.3) is 15.9 Å². The molecule has 1 saturated heterocycles. The van der Waals surface area contributed by atoms with E-state index in [4.69, 9.17) is 4.98 Å². The summed E-state index contributed by atoms with van der Waals surface area (Å²) >= 11 is 3.16. The number of rotatable bonds is 5. The molecule has 0 saturated carbocycles. The van der Waals surface area contributed by atoms with E-state index in [0.29, 0.717) is 16.8 Å². The highest BCUT2D eigenvalue weighted by atomic mass is 32.2. The van der Waals surface area contributed by atoms with E-state index in [2.05, 4.69) is 33.7 Å². The first-order valence-electron chi connectivity index (χ1n) is 10.3. The lowest BCUT2D eigenvalue weighted by Crippen LogP contribution is -2.39. The van der Waals surface area contributed by atoms with Gasteiger partial charge in [-0.2, -0.15) is 4.68 Å². The molecule has 158 valence electrons. The average molecular weight is 451 g/mol. The van der Waals surface area contributed by atoms with Crippen molar-refractivity contribution in [3.63, 3.8) is 0 Å². The van der Waals surface area contributed by atoms with Gasteiger partial charge in [-0.05, 0) is 54.5 Å². The van der Waals surface area contributed by atoms with E-state index in [1.54, 1.807) is 16.0 Å². The third kappa shape index (κ3) is 4.33. The maximum absolute atomic E-state index is 12.8.